The van der Waals surface area contributed by atoms with Crippen molar-refractivity contribution in [2.45, 2.75) is 6.42 Å². The van der Waals surface area contributed by atoms with E-state index in [1.54, 1.807) is 12.1 Å². The largest absolute Gasteiger partial charge is 0.496 e. The van der Waals surface area contributed by atoms with Crippen LogP contribution in [-0.4, -0.2) is 18.6 Å². The molecule has 0 radical (unpaired) electrons. The second kappa shape index (κ2) is 6.60. The van der Waals surface area contributed by atoms with Crippen LogP contribution in [0.4, 0.5) is 17.1 Å². The van der Waals surface area contributed by atoms with Gasteiger partial charge in [0.25, 0.3) is 5.69 Å². The summed E-state index contributed by atoms with van der Waals surface area (Å²) >= 11 is 0. The first-order valence-electron chi connectivity index (χ1n) is 6.51. The van der Waals surface area contributed by atoms with Gasteiger partial charge in [0.2, 0.25) is 0 Å². The smallest absolute Gasteiger partial charge is 0.296 e. The summed E-state index contributed by atoms with van der Waals surface area (Å²) in [6, 6.07) is 12.3. The number of nitro benzene ring substituents is 1. The molecule has 2 rings (SSSR count). The Morgan fingerprint density at radius 2 is 1.95 bits per heavy atom. The van der Waals surface area contributed by atoms with Crippen LogP contribution < -0.4 is 15.8 Å². The maximum absolute atomic E-state index is 11.1. The number of nitrogens with zero attached hydrogens (tertiary/aromatic N) is 1. The summed E-state index contributed by atoms with van der Waals surface area (Å²) in [4.78, 5) is 10.6. The number of nitrogen functional groups attached to an aromatic ring is 1. The van der Waals surface area contributed by atoms with E-state index in [9.17, 15) is 10.1 Å². The minimum atomic E-state index is -0.423. The van der Waals surface area contributed by atoms with Gasteiger partial charge in [-0.25, -0.2) is 0 Å². The number of anilines is 2. The fourth-order valence-electron chi connectivity index (χ4n) is 1.96. The highest BCUT2D eigenvalue weighted by Crippen LogP contribution is 2.28. The van der Waals surface area contributed by atoms with E-state index in [2.05, 4.69) is 5.32 Å². The molecule has 0 spiro atoms. The predicted octanol–water partition coefficient (Wildman–Crippen LogP) is 2.84. The minimum Gasteiger partial charge on any atom is -0.496 e. The van der Waals surface area contributed by atoms with Gasteiger partial charge in [-0.1, -0.05) is 12.1 Å². The Hall–Kier alpha value is -2.76. The number of rotatable bonds is 6. The molecular formula is C15H17N3O3. The second-order valence-electron chi connectivity index (χ2n) is 4.56. The van der Waals surface area contributed by atoms with Gasteiger partial charge in [0.15, 0.2) is 0 Å². The van der Waals surface area contributed by atoms with Crippen LogP contribution in [-0.2, 0) is 6.42 Å². The van der Waals surface area contributed by atoms with Crippen LogP contribution in [0.3, 0.4) is 0 Å². The van der Waals surface area contributed by atoms with Crippen LogP contribution >= 0.6 is 0 Å². The molecule has 2 aromatic rings. The molecule has 0 aliphatic rings. The summed E-state index contributed by atoms with van der Waals surface area (Å²) in [5.74, 6) is 0.464. The highest BCUT2D eigenvalue weighted by atomic mass is 16.6. The third-order valence-electron chi connectivity index (χ3n) is 3.11. The first-order valence-corrected chi connectivity index (χ1v) is 6.51. The number of nitrogens with two attached hydrogens (primary N) is 1. The number of hydrogen-bond donors (Lipinski definition) is 2. The molecule has 0 saturated heterocycles. The van der Waals surface area contributed by atoms with E-state index < -0.39 is 4.92 Å². The lowest BCUT2D eigenvalue weighted by Crippen LogP contribution is -2.07. The fraction of sp³-hybridized carbons (Fsp3) is 0.200. The third-order valence-corrected chi connectivity index (χ3v) is 3.11. The summed E-state index contributed by atoms with van der Waals surface area (Å²) in [6.07, 6.45) is 0.753. The van der Waals surface area contributed by atoms with Gasteiger partial charge in [0.05, 0.1) is 18.1 Å². The first kappa shape index (κ1) is 14.6. The topological polar surface area (TPSA) is 90.4 Å². The third kappa shape index (κ3) is 3.85. The van der Waals surface area contributed by atoms with Gasteiger partial charge in [-0.3, -0.25) is 10.1 Å². The number of ether oxygens (including phenoxy) is 1. The average molecular weight is 287 g/mol. The number of nitro groups is 1. The molecule has 0 fully saturated rings. The van der Waals surface area contributed by atoms with Gasteiger partial charge in [0, 0.05) is 12.2 Å². The van der Waals surface area contributed by atoms with Crippen molar-refractivity contribution in [1.82, 2.24) is 0 Å². The Morgan fingerprint density at radius 3 is 2.57 bits per heavy atom. The monoisotopic (exact) mass is 287 g/mol. The van der Waals surface area contributed by atoms with Crippen molar-refractivity contribution in [3.8, 4) is 5.75 Å². The summed E-state index contributed by atoms with van der Waals surface area (Å²) in [5.41, 5.74) is 7.95. The maximum Gasteiger partial charge on any atom is 0.296 e. The Labute approximate surface area is 122 Å². The van der Waals surface area contributed by atoms with Gasteiger partial charge in [-0.05, 0) is 36.2 Å². The molecule has 6 heteroatoms. The van der Waals surface area contributed by atoms with Crippen LogP contribution in [0.2, 0.25) is 0 Å². The molecule has 0 aromatic heterocycles. The van der Waals surface area contributed by atoms with E-state index in [4.69, 9.17) is 10.5 Å². The van der Waals surface area contributed by atoms with Gasteiger partial charge in [-0.2, -0.15) is 0 Å². The normalized spacial score (nSPS) is 10.1. The quantitative estimate of drug-likeness (QED) is 0.484. The van der Waals surface area contributed by atoms with Crippen molar-refractivity contribution < 1.29 is 9.66 Å². The lowest BCUT2D eigenvalue weighted by Gasteiger charge is -2.08. The Kier molecular flexibility index (Phi) is 4.61. The summed E-state index contributed by atoms with van der Waals surface area (Å²) < 4.78 is 5.00. The van der Waals surface area contributed by atoms with Crippen molar-refractivity contribution in [1.29, 1.82) is 0 Å². The van der Waals surface area contributed by atoms with Gasteiger partial charge >= 0.3 is 0 Å². The molecule has 0 amide bonds. The zero-order valence-corrected chi connectivity index (χ0v) is 11.7. The van der Waals surface area contributed by atoms with E-state index in [0.717, 1.165) is 17.7 Å². The summed E-state index contributed by atoms with van der Waals surface area (Å²) in [7, 11) is 1.48. The average Bonchev–Trinajstić information content (AvgIpc) is 2.49. The predicted molar refractivity (Wildman–Crippen MR) is 82.7 cm³/mol. The molecule has 0 atom stereocenters. The van der Waals surface area contributed by atoms with Gasteiger partial charge < -0.3 is 15.8 Å². The zero-order valence-electron chi connectivity index (χ0n) is 11.7. The van der Waals surface area contributed by atoms with Crippen LogP contribution in [0.1, 0.15) is 5.56 Å². The van der Waals surface area contributed by atoms with Gasteiger partial charge in [0.1, 0.15) is 11.4 Å². The van der Waals surface area contributed by atoms with E-state index in [0.29, 0.717) is 18.0 Å². The molecule has 0 aliphatic carbocycles. The van der Waals surface area contributed by atoms with Crippen molar-refractivity contribution in [2.24, 2.45) is 0 Å². The molecular weight excluding hydrogens is 270 g/mol. The number of hydrogen-bond acceptors (Lipinski definition) is 5. The SMILES string of the molecule is COc1ccc(NCCc2ccc(N)cc2)c([N+](=O)[O-])c1. The number of methoxy groups -OCH3 is 1. The molecule has 0 unspecified atom stereocenters. The van der Waals surface area contributed by atoms with E-state index >= 15 is 0 Å². The van der Waals surface area contributed by atoms with E-state index in [1.165, 1.54) is 13.2 Å². The number of benzene rings is 2. The van der Waals surface area contributed by atoms with Crippen LogP contribution in [0.25, 0.3) is 0 Å². The van der Waals surface area contributed by atoms with Crippen molar-refractivity contribution in [3.63, 3.8) is 0 Å². The Balaban J connectivity index is 2.02. The Morgan fingerprint density at radius 1 is 1.24 bits per heavy atom. The van der Waals surface area contributed by atoms with Crippen molar-refractivity contribution in [2.75, 3.05) is 24.7 Å². The molecule has 0 heterocycles. The number of nitrogens with one attached hydrogen (secondary N) is 1. The molecule has 21 heavy (non-hydrogen) atoms. The molecule has 110 valence electrons. The fourth-order valence-corrected chi connectivity index (χ4v) is 1.96. The standard InChI is InChI=1S/C15H17N3O3/c1-21-13-6-7-14(15(10-13)18(19)20)17-9-8-11-2-4-12(16)5-3-11/h2-7,10,17H,8-9,16H2,1H3. The zero-order chi connectivity index (χ0) is 15.2. The van der Waals surface area contributed by atoms with Gasteiger partial charge in [-0.15, -0.1) is 0 Å². The highest BCUT2D eigenvalue weighted by Gasteiger charge is 2.14. The molecule has 0 aliphatic heterocycles. The second-order valence-corrected chi connectivity index (χ2v) is 4.56. The van der Waals surface area contributed by atoms with E-state index in [1.807, 2.05) is 24.3 Å². The van der Waals surface area contributed by atoms with Crippen LogP contribution in [0.15, 0.2) is 42.5 Å². The molecule has 0 saturated carbocycles. The lowest BCUT2D eigenvalue weighted by atomic mass is 10.1. The van der Waals surface area contributed by atoms with Crippen LogP contribution in [0, 0.1) is 10.1 Å². The van der Waals surface area contributed by atoms with Crippen molar-refractivity contribution >= 4 is 17.1 Å². The molecule has 3 N–H and O–H groups in total. The lowest BCUT2D eigenvalue weighted by molar-refractivity contribution is -0.384. The summed E-state index contributed by atoms with van der Waals surface area (Å²) in [6.45, 7) is 0.594. The van der Waals surface area contributed by atoms with E-state index in [-0.39, 0.29) is 5.69 Å². The highest BCUT2D eigenvalue weighted by molar-refractivity contribution is 5.63. The first-order chi connectivity index (χ1) is 10.1. The van der Waals surface area contributed by atoms with Crippen LogP contribution in [0.5, 0.6) is 5.75 Å². The Bertz CT molecular complexity index is 627. The van der Waals surface area contributed by atoms with Crippen molar-refractivity contribution in [3.05, 3.63) is 58.1 Å². The maximum atomic E-state index is 11.1. The molecule has 6 nitrogen and oxygen atoms in total. The minimum absolute atomic E-state index is 0.00616. The summed E-state index contributed by atoms with van der Waals surface area (Å²) in [5, 5.41) is 14.1. The molecule has 0 bridgehead atoms. The molecule has 2 aromatic carbocycles.